The molecule has 2 aromatic heterocycles. The molecule has 8 nitrogen and oxygen atoms in total. The van der Waals surface area contributed by atoms with Crippen molar-refractivity contribution in [2.24, 2.45) is 0 Å². The monoisotopic (exact) mass is 396 g/mol. The van der Waals surface area contributed by atoms with Gasteiger partial charge >= 0.3 is 0 Å². The van der Waals surface area contributed by atoms with Gasteiger partial charge in [0.05, 0.1) is 29.4 Å². The molecule has 4 heterocycles. The summed E-state index contributed by atoms with van der Waals surface area (Å²) in [6.45, 7) is 4.78. The number of aromatic nitrogens is 3. The average molecular weight is 396 g/mol. The van der Waals surface area contributed by atoms with Gasteiger partial charge in [-0.3, -0.25) is 0 Å². The van der Waals surface area contributed by atoms with Gasteiger partial charge < -0.3 is 25.1 Å². The van der Waals surface area contributed by atoms with Crippen LogP contribution in [0.2, 0.25) is 0 Å². The predicted octanol–water partition coefficient (Wildman–Crippen LogP) is 2.12. The lowest BCUT2D eigenvalue weighted by Crippen LogP contribution is -2.36. The van der Waals surface area contributed by atoms with Gasteiger partial charge in [-0.2, -0.15) is 0 Å². The smallest absolute Gasteiger partial charge is 0.151 e. The SMILES string of the molecule is C=O.COC1CCN(c2cc(C3=CC=CCN3C)n(-c3ccc(N)nc3)n2)CC1. The van der Waals surface area contributed by atoms with Gasteiger partial charge in [0.1, 0.15) is 12.6 Å². The molecule has 0 aliphatic carbocycles. The summed E-state index contributed by atoms with van der Waals surface area (Å²) >= 11 is 0. The Kier molecular flexibility index (Phi) is 6.66. The molecule has 0 amide bonds. The maximum atomic E-state index is 8.00. The number of anilines is 2. The third-order valence-corrected chi connectivity index (χ3v) is 5.25. The van der Waals surface area contributed by atoms with Crippen molar-refractivity contribution in [3.63, 3.8) is 0 Å². The quantitative estimate of drug-likeness (QED) is 0.847. The summed E-state index contributed by atoms with van der Waals surface area (Å²) in [5.41, 5.74) is 8.86. The van der Waals surface area contributed by atoms with E-state index < -0.39 is 0 Å². The van der Waals surface area contributed by atoms with Crippen LogP contribution >= 0.6 is 0 Å². The standard InChI is InChI=1S/C20H26N6O.CH2O/c1-24-10-4-3-5-17(24)18-13-20(25-11-8-16(27-2)9-12-25)23-26(18)15-6-7-19(21)22-14-15;1-2/h3-7,13-14,16H,8-12H2,1-2H3,(H2,21,22);1H2. The van der Waals surface area contributed by atoms with Gasteiger partial charge in [0.25, 0.3) is 0 Å². The maximum absolute atomic E-state index is 8.00. The zero-order valence-electron chi connectivity index (χ0n) is 17.0. The van der Waals surface area contributed by atoms with E-state index in [2.05, 4.69) is 46.1 Å². The molecule has 0 aromatic carbocycles. The first-order chi connectivity index (χ1) is 14.2. The molecule has 2 aliphatic rings. The number of methoxy groups -OCH3 is 1. The van der Waals surface area contributed by atoms with Crippen molar-refractivity contribution < 1.29 is 9.53 Å². The predicted molar refractivity (Wildman–Crippen MR) is 115 cm³/mol. The van der Waals surface area contributed by atoms with Gasteiger partial charge in [-0.25, -0.2) is 9.67 Å². The highest BCUT2D eigenvalue weighted by molar-refractivity contribution is 5.68. The summed E-state index contributed by atoms with van der Waals surface area (Å²) in [7, 11) is 3.89. The zero-order valence-corrected chi connectivity index (χ0v) is 17.0. The van der Waals surface area contributed by atoms with Gasteiger partial charge in [-0.1, -0.05) is 12.2 Å². The van der Waals surface area contributed by atoms with Gasteiger partial charge in [0.15, 0.2) is 5.82 Å². The number of nitrogens with zero attached hydrogens (tertiary/aromatic N) is 5. The fourth-order valence-electron chi connectivity index (χ4n) is 3.63. The van der Waals surface area contributed by atoms with Crippen molar-refractivity contribution in [2.75, 3.05) is 44.4 Å². The van der Waals surface area contributed by atoms with E-state index in [0.29, 0.717) is 11.9 Å². The number of rotatable bonds is 4. The molecule has 0 bridgehead atoms. The van der Waals surface area contributed by atoms with Gasteiger partial charge in [-0.05, 0) is 31.1 Å². The number of piperidine rings is 1. The van der Waals surface area contributed by atoms with E-state index in [1.807, 2.05) is 23.6 Å². The van der Waals surface area contributed by atoms with Gasteiger partial charge in [0, 0.05) is 39.9 Å². The summed E-state index contributed by atoms with van der Waals surface area (Å²) in [5, 5.41) is 4.92. The number of carbonyl (C=O) groups is 1. The van der Waals surface area contributed by atoms with Crippen LogP contribution in [0, 0.1) is 0 Å². The van der Waals surface area contributed by atoms with Crippen molar-refractivity contribution in [1.29, 1.82) is 0 Å². The van der Waals surface area contributed by atoms with Crippen molar-refractivity contribution in [3.8, 4) is 5.69 Å². The first kappa shape index (κ1) is 20.6. The number of likely N-dealkylation sites (N-methyl/N-ethyl adjacent to an activating group) is 1. The highest BCUT2D eigenvalue weighted by atomic mass is 16.5. The molecule has 1 fully saturated rings. The topological polar surface area (TPSA) is 89.5 Å². The van der Waals surface area contributed by atoms with Crippen LogP contribution in [0.5, 0.6) is 0 Å². The maximum Gasteiger partial charge on any atom is 0.151 e. The molecule has 8 heteroatoms. The summed E-state index contributed by atoms with van der Waals surface area (Å²) in [5.74, 6) is 1.49. The fraction of sp³-hybridized carbons (Fsp3) is 0.381. The van der Waals surface area contributed by atoms with Crippen LogP contribution in [0.1, 0.15) is 18.5 Å². The third kappa shape index (κ3) is 4.48. The number of pyridine rings is 1. The second kappa shape index (κ2) is 9.38. The Morgan fingerprint density at radius 1 is 1.24 bits per heavy atom. The first-order valence-corrected chi connectivity index (χ1v) is 9.62. The fourth-order valence-corrected chi connectivity index (χ4v) is 3.63. The lowest BCUT2D eigenvalue weighted by Gasteiger charge is -2.31. The molecule has 2 N–H and O–H groups in total. The lowest BCUT2D eigenvalue weighted by molar-refractivity contribution is -0.0979. The molecule has 0 saturated carbocycles. The van der Waals surface area contributed by atoms with Gasteiger partial charge in [0.2, 0.25) is 0 Å². The molecule has 0 unspecified atom stereocenters. The van der Waals surface area contributed by atoms with E-state index in [1.165, 1.54) is 0 Å². The van der Waals surface area contributed by atoms with Crippen LogP contribution in [0.3, 0.4) is 0 Å². The van der Waals surface area contributed by atoms with E-state index in [0.717, 1.165) is 55.4 Å². The normalized spacial score (nSPS) is 17.0. The number of ether oxygens (including phenoxy) is 1. The van der Waals surface area contributed by atoms with Crippen molar-refractivity contribution in [3.05, 3.63) is 48.3 Å². The van der Waals surface area contributed by atoms with E-state index in [4.69, 9.17) is 20.4 Å². The number of hydrogen-bond acceptors (Lipinski definition) is 7. The molecule has 4 rings (SSSR count). The van der Waals surface area contributed by atoms with E-state index in [-0.39, 0.29) is 0 Å². The number of nitrogen functional groups attached to an aromatic ring is 1. The van der Waals surface area contributed by atoms with Crippen molar-refractivity contribution in [1.82, 2.24) is 19.7 Å². The summed E-state index contributed by atoms with van der Waals surface area (Å²) in [6, 6.07) is 5.94. The van der Waals surface area contributed by atoms with Crippen LogP contribution in [0.4, 0.5) is 11.6 Å². The molecule has 0 spiro atoms. The lowest BCUT2D eigenvalue weighted by atomic mass is 10.1. The summed E-state index contributed by atoms with van der Waals surface area (Å²) < 4.78 is 7.46. The Morgan fingerprint density at radius 3 is 2.62 bits per heavy atom. The minimum atomic E-state index is 0.349. The van der Waals surface area contributed by atoms with Crippen LogP contribution in [0.15, 0.2) is 42.6 Å². The average Bonchev–Trinajstić information content (AvgIpc) is 3.21. The number of allylic oxidation sites excluding steroid dienone is 2. The van der Waals surface area contributed by atoms with E-state index in [9.17, 15) is 0 Å². The highest BCUT2D eigenvalue weighted by Gasteiger charge is 2.24. The van der Waals surface area contributed by atoms with Crippen molar-refractivity contribution in [2.45, 2.75) is 18.9 Å². The highest BCUT2D eigenvalue weighted by Crippen LogP contribution is 2.29. The zero-order chi connectivity index (χ0) is 20.8. The van der Waals surface area contributed by atoms with Crippen LogP contribution in [0.25, 0.3) is 11.4 Å². The van der Waals surface area contributed by atoms with Gasteiger partial charge in [-0.15, -0.1) is 5.10 Å². The molecule has 1 saturated heterocycles. The number of carbonyl (C=O) groups excluding carboxylic acids is 1. The minimum absolute atomic E-state index is 0.349. The Morgan fingerprint density at radius 2 is 2.00 bits per heavy atom. The van der Waals surface area contributed by atoms with Crippen molar-refractivity contribution >= 4 is 24.1 Å². The van der Waals surface area contributed by atoms with Crippen LogP contribution in [-0.2, 0) is 9.53 Å². The second-order valence-electron chi connectivity index (χ2n) is 7.02. The summed E-state index contributed by atoms with van der Waals surface area (Å²) in [4.78, 5) is 16.8. The molecule has 0 radical (unpaired) electrons. The Balaban J connectivity index is 0.00000117. The largest absolute Gasteiger partial charge is 0.384 e. The Labute approximate surface area is 171 Å². The molecule has 2 aliphatic heterocycles. The minimum Gasteiger partial charge on any atom is -0.384 e. The number of hydrogen-bond donors (Lipinski definition) is 1. The summed E-state index contributed by atoms with van der Waals surface area (Å²) in [6.07, 6.45) is 10.5. The first-order valence-electron chi connectivity index (χ1n) is 9.62. The van der Waals surface area contributed by atoms with E-state index >= 15 is 0 Å². The Bertz CT molecular complexity index is 866. The molecule has 154 valence electrons. The molecular weight excluding hydrogens is 368 g/mol. The van der Waals surface area contributed by atoms with Crippen LogP contribution in [-0.4, -0.2) is 66.3 Å². The molecule has 29 heavy (non-hydrogen) atoms. The molecule has 0 atom stereocenters. The van der Waals surface area contributed by atoms with Crippen LogP contribution < -0.4 is 10.6 Å². The Hall–Kier alpha value is -3.13. The van der Waals surface area contributed by atoms with E-state index in [1.54, 1.807) is 13.3 Å². The second-order valence-corrected chi connectivity index (χ2v) is 7.02. The number of nitrogens with two attached hydrogens (primary N) is 1. The third-order valence-electron chi connectivity index (χ3n) is 5.25. The molecule has 2 aromatic rings. The molecular formula is C21H28N6O2.